The van der Waals surface area contributed by atoms with Crippen LogP contribution in [0.4, 0.5) is 0 Å². The molecule has 2 N–H and O–H groups in total. The summed E-state index contributed by atoms with van der Waals surface area (Å²) in [5.74, 6) is -0.372. The average molecular weight is 191 g/mol. The van der Waals surface area contributed by atoms with Gasteiger partial charge in [0.25, 0.3) is 0 Å². The minimum atomic E-state index is -0.473. The Morgan fingerprint density at radius 2 is 1.64 bits per heavy atom. The molecule has 0 aromatic heterocycles. The van der Waals surface area contributed by atoms with Crippen molar-refractivity contribution in [2.24, 2.45) is 5.73 Å². The largest absolute Gasteiger partial charge is 0.366 e. The van der Waals surface area contributed by atoms with E-state index in [0.717, 1.165) is 6.42 Å². The third-order valence-corrected chi connectivity index (χ3v) is 1.97. The summed E-state index contributed by atoms with van der Waals surface area (Å²) in [5.41, 5.74) is 6.14. The molecule has 74 valence electrons. The fraction of sp³-hybridized carbons (Fsp3) is 0.273. The van der Waals surface area contributed by atoms with Gasteiger partial charge >= 0.3 is 0 Å². The van der Waals surface area contributed by atoms with Gasteiger partial charge in [-0.3, -0.25) is 9.59 Å². The van der Waals surface area contributed by atoms with E-state index in [2.05, 4.69) is 0 Å². The Kier molecular flexibility index (Phi) is 3.40. The molecule has 3 nitrogen and oxygen atoms in total. The zero-order chi connectivity index (χ0) is 10.6. The molecule has 0 bridgehead atoms. The van der Waals surface area contributed by atoms with E-state index >= 15 is 0 Å². The number of hydrogen-bond donors (Lipinski definition) is 1. The maximum atomic E-state index is 11.4. The highest BCUT2D eigenvalue weighted by Crippen LogP contribution is 2.07. The monoisotopic (exact) mass is 191 g/mol. The summed E-state index contributed by atoms with van der Waals surface area (Å²) in [5, 5.41) is 0. The number of rotatable bonds is 4. The van der Waals surface area contributed by atoms with Gasteiger partial charge in [0.1, 0.15) is 0 Å². The van der Waals surface area contributed by atoms with Crippen LogP contribution in [0.15, 0.2) is 24.3 Å². The van der Waals surface area contributed by atoms with Crippen LogP contribution in [0.5, 0.6) is 0 Å². The standard InChI is InChI=1S/C11H13NO2/c1-2-3-10(13)8-4-6-9(7-5-8)11(12)14/h4-7H,2-3H2,1H3,(H2,12,14). The molecular formula is C11H13NO2. The van der Waals surface area contributed by atoms with Crippen molar-refractivity contribution in [3.05, 3.63) is 35.4 Å². The second-order valence-electron chi connectivity index (χ2n) is 3.11. The van der Waals surface area contributed by atoms with E-state index < -0.39 is 5.91 Å². The van der Waals surface area contributed by atoms with Crippen molar-refractivity contribution in [3.8, 4) is 0 Å². The van der Waals surface area contributed by atoms with E-state index in [1.165, 1.54) is 0 Å². The smallest absolute Gasteiger partial charge is 0.248 e. The van der Waals surface area contributed by atoms with Crippen LogP contribution in [0.2, 0.25) is 0 Å². The lowest BCUT2D eigenvalue weighted by Gasteiger charge is -1.99. The van der Waals surface area contributed by atoms with Gasteiger partial charge in [0, 0.05) is 17.5 Å². The lowest BCUT2D eigenvalue weighted by molar-refractivity contribution is 0.0976. The second-order valence-corrected chi connectivity index (χ2v) is 3.11. The number of carbonyl (C=O) groups excluding carboxylic acids is 2. The van der Waals surface area contributed by atoms with Gasteiger partial charge in [-0.15, -0.1) is 0 Å². The molecule has 1 rings (SSSR count). The Labute approximate surface area is 82.9 Å². The van der Waals surface area contributed by atoms with Gasteiger partial charge in [0.05, 0.1) is 0 Å². The number of ketones is 1. The van der Waals surface area contributed by atoms with E-state index in [4.69, 9.17) is 5.73 Å². The lowest BCUT2D eigenvalue weighted by atomic mass is 10.1. The van der Waals surface area contributed by atoms with Crippen LogP contribution in [0, 0.1) is 0 Å². The normalized spacial score (nSPS) is 9.79. The molecule has 1 aromatic rings. The molecular weight excluding hydrogens is 178 g/mol. The highest BCUT2D eigenvalue weighted by Gasteiger charge is 2.05. The van der Waals surface area contributed by atoms with E-state index in [1.807, 2.05) is 6.92 Å². The van der Waals surface area contributed by atoms with Crippen LogP contribution in [0.1, 0.15) is 40.5 Å². The van der Waals surface area contributed by atoms with Gasteiger partial charge in [-0.2, -0.15) is 0 Å². The van der Waals surface area contributed by atoms with Crippen molar-refractivity contribution in [2.45, 2.75) is 19.8 Å². The van der Waals surface area contributed by atoms with Gasteiger partial charge in [-0.1, -0.05) is 19.1 Å². The van der Waals surface area contributed by atoms with Gasteiger partial charge in [0.15, 0.2) is 5.78 Å². The Balaban J connectivity index is 2.83. The summed E-state index contributed by atoms with van der Waals surface area (Å²) in [7, 11) is 0. The second kappa shape index (κ2) is 4.56. The molecule has 0 aliphatic carbocycles. The van der Waals surface area contributed by atoms with Gasteiger partial charge in [-0.05, 0) is 18.6 Å². The SMILES string of the molecule is CCCC(=O)c1ccc(C(N)=O)cc1. The number of hydrogen-bond acceptors (Lipinski definition) is 2. The first-order valence-electron chi connectivity index (χ1n) is 4.58. The highest BCUT2D eigenvalue weighted by molar-refractivity contribution is 5.98. The molecule has 0 atom stereocenters. The first-order valence-corrected chi connectivity index (χ1v) is 4.58. The van der Waals surface area contributed by atoms with Gasteiger partial charge < -0.3 is 5.73 Å². The molecule has 1 amide bonds. The Morgan fingerprint density at radius 3 is 2.07 bits per heavy atom. The van der Waals surface area contributed by atoms with Crippen molar-refractivity contribution < 1.29 is 9.59 Å². The molecule has 0 fully saturated rings. The minimum absolute atomic E-state index is 0.100. The van der Waals surface area contributed by atoms with E-state index in [1.54, 1.807) is 24.3 Å². The quantitative estimate of drug-likeness (QED) is 0.737. The fourth-order valence-corrected chi connectivity index (χ4v) is 1.19. The van der Waals surface area contributed by atoms with Gasteiger partial charge in [-0.25, -0.2) is 0 Å². The van der Waals surface area contributed by atoms with E-state index in [0.29, 0.717) is 17.5 Å². The van der Waals surface area contributed by atoms with Crippen molar-refractivity contribution in [3.63, 3.8) is 0 Å². The first kappa shape index (κ1) is 10.4. The van der Waals surface area contributed by atoms with E-state index in [9.17, 15) is 9.59 Å². The number of amides is 1. The first-order chi connectivity index (χ1) is 6.65. The molecule has 0 heterocycles. The summed E-state index contributed by atoms with van der Waals surface area (Å²) in [6.45, 7) is 1.95. The molecule has 0 aliphatic heterocycles. The van der Waals surface area contributed by atoms with Crippen molar-refractivity contribution in [1.29, 1.82) is 0 Å². The third kappa shape index (κ3) is 2.42. The molecule has 0 spiro atoms. The third-order valence-electron chi connectivity index (χ3n) is 1.97. The summed E-state index contributed by atoms with van der Waals surface area (Å²) < 4.78 is 0. The molecule has 0 aliphatic rings. The molecule has 0 radical (unpaired) electrons. The fourth-order valence-electron chi connectivity index (χ4n) is 1.19. The zero-order valence-corrected chi connectivity index (χ0v) is 8.12. The molecule has 3 heteroatoms. The summed E-state index contributed by atoms with van der Waals surface area (Å²) in [6, 6.07) is 6.42. The van der Waals surface area contributed by atoms with Crippen molar-refractivity contribution in [2.75, 3.05) is 0 Å². The number of benzene rings is 1. The highest BCUT2D eigenvalue weighted by atomic mass is 16.1. The van der Waals surface area contributed by atoms with Crippen molar-refractivity contribution in [1.82, 2.24) is 0 Å². The van der Waals surface area contributed by atoms with Crippen LogP contribution in [0.3, 0.4) is 0 Å². The lowest BCUT2D eigenvalue weighted by Crippen LogP contribution is -2.11. The molecule has 0 saturated carbocycles. The minimum Gasteiger partial charge on any atom is -0.366 e. The Bertz CT molecular complexity index is 341. The molecule has 14 heavy (non-hydrogen) atoms. The Hall–Kier alpha value is -1.64. The van der Waals surface area contributed by atoms with Crippen LogP contribution in [-0.4, -0.2) is 11.7 Å². The maximum Gasteiger partial charge on any atom is 0.248 e. The number of primary amides is 1. The summed E-state index contributed by atoms with van der Waals surface area (Å²) in [6.07, 6.45) is 1.37. The molecule has 0 saturated heterocycles. The van der Waals surface area contributed by atoms with Crippen LogP contribution >= 0.6 is 0 Å². The van der Waals surface area contributed by atoms with E-state index in [-0.39, 0.29) is 5.78 Å². The van der Waals surface area contributed by atoms with Gasteiger partial charge in [0.2, 0.25) is 5.91 Å². The average Bonchev–Trinajstić information content (AvgIpc) is 2.18. The number of carbonyl (C=O) groups is 2. The van der Waals surface area contributed by atoms with Crippen LogP contribution in [0.25, 0.3) is 0 Å². The summed E-state index contributed by atoms with van der Waals surface area (Å²) >= 11 is 0. The topological polar surface area (TPSA) is 60.2 Å². The predicted octanol–water partition coefficient (Wildman–Crippen LogP) is 1.77. The zero-order valence-electron chi connectivity index (χ0n) is 8.12. The van der Waals surface area contributed by atoms with Crippen LogP contribution < -0.4 is 5.73 Å². The molecule has 1 aromatic carbocycles. The molecule has 0 unspecified atom stereocenters. The predicted molar refractivity (Wildman–Crippen MR) is 54.2 cm³/mol. The Morgan fingerprint density at radius 1 is 1.14 bits per heavy atom. The number of nitrogens with two attached hydrogens (primary N) is 1. The van der Waals surface area contributed by atoms with Crippen LogP contribution in [-0.2, 0) is 0 Å². The number of Topliss-reactive ketones (excluding diaryl/α,β-unsaturated/α-hetero) is 1. The van der Waals surface area contributed by atoms with Crippen molar-refractivity contribution >= 4 is 11.7 Å². The maximum absolute atomic E-state index is 11.4. The summed E-state index contributed by atoms with van der Waals surface area (Å²) in [4.78, 5) is 22.2.